The van der Waals surface area contributed by atoms with Gasteiger partial charge in [0.1, 0.15) is 11.5 Å². The van der Waals surface area contributed by atoms with Gasteiger partial charge in [-0.1, -0.05) is 41.6 Å². The highest BCUT2D eigenvalue weighted by Gasteiger charge is 2.28. The number of hydrogen-bond acceptors (Lipinski definition) is 4. The first-order chi connectivity index (χ1) is 13.6. The van der Waals surface area contributed by atoms with Crippen LogP contribution < -0.4 is 5.32 Å². The van der Waals surface area contributed by atoms with Crippen molar-refractivity contribution in [2.24, 2.45) is 5.92 Å². The third kappa shape index (κ3) is 3.76. The van der Waals surface area contributed by atoms with Gasteiger partial charge in [-0.15, -0.1) is 0 Å². The Morgan fingerprint density at radius 2 is 1.89 bits per heavy atom. The number of likely N-dealkylation sites (tertiary alicyclic amines) is 1. The van der Waals surface area contributed by atoms with E-state index in [9.17, 15) is 9.59 Å². The van der Waals surface area contributed by atoms with Crippen molar-refractivity contribution in [3.8, 4) is 0 Å². The molecule has 4 rings (SSSR count). The maximum atomic E-state index is 13.0. The molecule has 1 aromatic heterocycles. The molecule has 0 bridgehead atoms. The van der Waals surface area contributed by atoms with E-state index < -0.39 is 0 Å². The number of rotatable bonds is 4. The van der Waals surface area contributed by atoms with Crippen LogP contribution in [0.1, 0.15) is 34.7 Å². The zero-order chi connectivity index (χ0) is 19.5. The van der Waals surface area contributed by atoms with E-state index in [1.165, 1.54) is 0 Å². The summed E-state index contributed by atoms with van der Waals surface area (Å²) >= 11 is 0. The van der Waals surface area contributed by atoms with Crippen molar-refractivity contribution in [1.29, 1.82) is 0 Å². The highest BCUT2D eigenvalue weighted by Crippen LogP contribution is 2.23. The van der Waals surface area contributed by atoms with E-state index in [1.54, 1.807) is 0 Å². The Morgan fingerprint density at radius 3 is 2.64 bits per heavy atom. The minimum absolute atomic E-state index is 0.0120. The fourth-order valence-electron chi connectivity index (χ4n) is 3.75. The second-order valence-corrected chi connectivity index (χ2v) is 7.24. The summed E-state index contributed by atoms with van der Waals surface area (Å²) in [5.41, 5.74) is 1.44. The summed E-state index contributed by atoms with van der Waals surface area (Å²) in [6.07, 6.45) is 1.33. The number of piperidine rings is 1. The molecule has 2 amide bonds. The van der Waals surface area contributed by atoms with Crippen LogP contribution in [0.25, 0.3) is 10.8 Å². The van der Waals surface area contributed by atoms with Gasteiger partial charge in [0.05, 0.1) is 6.54 Å². The van der Waals surface area contributed by atoms with Gasteiger partial charge in [0.25, 0.3) is 5.91 Å². The Morgan fingerprint density at radius 1 is 1.14 bits per heavy atom. The Kier molecular flexibility index (Phi) is 5.10. The topological polar surface area (TPSA) is 75.4 Å². The van der Waals surface area contributed by atoms with Gasteiger partial charge in [0.2, 0.25) is 5.91 Å². The molecule has 0 unspecified atom stereocenters. The van der Waals surface area contributed by atoms with Crippen molar-refractivity contribution in [2.75, 3.05) is 13.1 Å². The number of nitrogens with one attached hydrogen (secondary N) is 1. The van der Waals surface area contributed by atoms with Gasteiger partial charge in [0.15, 0.2) is 0 Å². The van der Waals surface area contributed by atoms with Gasteiger partial charge in [-0.05, 0) is 36.6 Å². The average molecular weight is 377 g/mol. The number of hydrogen-bond donors (Lipinski definition) is 1. The van der Waals surface area contributed by atoms with Crippen LogP contribution in [-0.4, -0.2) is 35.0 Å². The third-order valence-electron chi connectivity index (χ3n) is 5.29. The first-order valence-electron chi connectivity index (χ1n) is 9.59. The van der Waals surface area contributed by atoms with Crippen LogP contribution in [-0.2, 0) is 11.3 Å². The molecule has 0 saturated carbocycles. The summed E-state index contributed by atoms with van der Waals surface area (Å²) in [6, 6.07) is 15.5. The highest BCUT2D eigenvalue weighted by atomic mass is 16.5. The molecule has 1 aliphatic rings. The van der Waals surface area contributed by atoms with Crippen LogP contribution in [0.4, 0.5) is 0 Å². The summed E-state index contributed by atoms with van der Waals surface area (Å²) < 4.78 is 5.01. The van der Waals surface area contributed by atoms with Crippen molar-refractivity contribution in [3.05, 3.63) is 65.5 Å². The van der Waals surface area contributed by atoms with Crippen LogP contribution >= 0.6 is 0 Å². The van der Waals surface area contributed by atoms with Crippen molar-refractivity contribution >= 4 is 22.6 Å². The van der Waals surface area contributed by atoms with E-state index in [4.69, 9.17) is 4.52 Å². The summed E-state index contributed by atoms with van der Waals surface area (Å²) in [5.74, 6) is 0.695. The van der Waals surface area contributed by atoms with Crippen molar-refractivity contribution in [2.45, 2.75) is 26.3 Å². The van der Waals surface area contributed by atoms with Gasteiger partial charge in [-0.3, -0.25) is 9.59 Å². The molecule has 6 nitrogen and oxygen atoms in total. The summed E-state index contributed by atoms with van der Waals surface area (Å²) in [4.78, 5) is 27.3. The highest BCUT2D eigenvalue weighted by molar-refractivity contribution is 6.07. The standard InChI is InChI=1S/C22H23N3O3/c1-15-13-18(24-28-15)14-23-21(26)17-9-11-25(12-10-17)22(27)20-8-4-6-16-5-2-3-7-19(16)20/h2-8,13,17H,9-12,14H2,1H3,(H,23,26). The minimum Gasteiger partial charge on any atom is -0.361 e. The normalized spacial score (nSPS) is 15.0. The van der Waals surface area contributed by atoms with E-state index in [2.05, 4.69) is 10.5 Å². The van der Waals surface area contributed by atoms with Crippen LogP contribution in [0, 0.1) is 12.8 Å². The lowest BCUT2D eigenvalue weighted by Gasteiger charge is -2.31. The van der Waals surface area contributed by atoms with E-state index in [1.807, 2.05) is 60.4 Å². The molecule has 6 heteroatoms. The Hall–Kier alpha value is -3.15. The van der Waals surface area contributed by atoms with Crippen LogP contribution in [0.3, 0.4) is 0 Å². The van der Waals surface area contributed by atoms with Gasteiger partial charge >= 0.3 is 0 Å². The number of nitrogens with zero attached hydrogens (tertiary/aromatic N) is 2. The molecule has 1 N–H and O–H groups in total. The first kappa shape index (κ1) is 18.2. The molecule has 3 aromatic rings. The molecule has 0 atom stereocenters. The number of carbonyl (C=O) groups is 2. The molecule has 2 heterocycles. The molecule has 28 heavy (non-hydrogen) atoms. The fourth-order valence-corrected chi connectivity index (χ4v) is 3.75. The van der Waals surface area contributed by atoms with Crippen LogP contribution in [0.15, 0.2) is 53.1 Å². The number of amides is 2. The summed E-state index contributed by atoms with van der Waals surface area (Å²) in [7, 11) is 0. The Balaban J connectivity index is 1.35. The molecule has 144 valence electrons. The molecule has 1 fully saturated rings. The zero-order valence-corrected chi connectivity index (χ0v) is 15.9. The lowest BCUT2D eigenvalue weighted by molar-refractivity contribution is -0.126. The van der Waals surface area contributed by atoms with E-state index in [0.29, 0.717) is 32.5 Å². The van der Waals surface area contributed by atoms with Gasteiger partial charge < -0.3 is 14.7 Å². The molecular formula is C22H23N3O3. The van der Waals surface area contributed by atoms with Crippen molar-refractivity contribution in [1.82, 2.24) is 15.4 Å². The minimum atomic E-state index is -0.0791. The number of aromatic nitrogens is 1. The predicted molar refractivity (Wildman–Crippen MR) is 106 cm³/mol. The maximum Gasteiger partial charge on any atom is 0.254 e. The first-order valence-corrected chi connectivity index (χ1v) is 9.59. The molecule has 2 aromatic carbocycles. The number of benzene rings is 2. The van der Waals surface area contributed by atoms with E-state index >= 15 is 0 Å². The summed E-state index contributed by atoms with van der Waals surface area (Å²) in [6.45, 7) is 3.36. The lowest BCUT2D eigenvalue weighted by Crippen LogP contribution is -2.43. The molecule has 0 spiro atoms. The SMILES string of the molecule is Cc1cc(CNC(=O)C2CCN(C(=O)c3cccc4ccccc34)CC2)no1. The number of aryl methyl sites for hydroxylation is 1. The monoisotopic (exact) mass is 377 g/mol. The Bertz CT molecular complexity index is 998. The van der Waals surface area contributed by atoms with E-state index in [-0.39, 0.29) is 17.7 Å². The third-order valence-corrected chi connectivity index (χ3v) is 5.29. The smallest absolute Gasteiger partial charge is 0.254 e. The van der Waals surface area contributed by atoms with Crippen molar-refractivity contribution < 1.29 is 14.1 Å². The second kappa shape index (κ2) is 7.84. The molecule has 1 saturated heterocycles. The summed E-state index contributed by atoms with van der Waals surface area (Å²) in [5, 5.41) is 8.83. The van der Waals surface area contributed by atoms with Gasteiger partial charge in [0, 0.05) is 30.6 Å². The maximum absolute atomic E-state index is 13.0. The molecule has 0 aliphatic carbocycles. The quantitative estimate of drug-likeness (QED) is 0.757. The molecule has 1 aliphatic heterocycles. The largest absolute Gasteiger partial charge is 0.361 e. The molecular weight excluding hydrogens is 354 g/mol. The molecule has 0 radical (unpaired) electrons. The van der Waals surface area contributed by atoms with Gasteiger partial charge in [-0.25, -0.2) is 0 Å². The lowest BCUT2D eigenvalue weighted by atomic mass is 9.94. The zero-order valence-electron chi connectivity index (χ0n) is 15.9. The van der Waals surface area contributed by atoms with Crippen molar-refractivity contribution in [3.63, 3.8) is 0 Å². The predicted octanol–water partition coefficient (Wildman–Crippen LogP) is 3.30. The average Bonchev–Trinajstić information content (AvgIpc) is 3.16. The van der Waals surface area contributed by atoms with Crippen LogP contribution in [0.2, 0.25) is 0 Å². The fraction of sp³-hybridized carbons (Fsp3) is 0.318. The van der Waals surface area contributed by atoms with E-state index in [0.717, 1.165) is 27.8 Å². The number of carbonyl (C=O) groups excluding carboxylic acids is 2. The number of fused-ring (bicyclic) bond motifs is 1. The second-order valence-electron chi connectivity index (χ2n) is 7.24. The Labute approximate surface area is 163 Å². The van der Waals surface area contributed by atoms with Gasteiger partial charge in [-0.2, -0.15) is 0 Å². The van der Waals surface area contributed by atoms with Crippen LogP contribution in [0.5, 0.6) is 0 Å².